The van der Waals surface area contributed by atoms with Crippen LogP contribution < -0.4 is 0 Å². The van der Waals surface area contributed by atoms with Crippen molar-refractivity contribution in [1.29, 1.82) is 0 Å². The van der Waals surface area contributed by atoms with Gasteiger partial charge in [0.1, 0.15) is 0 Å². The smallest absolute Gasteiger partial charge is 0.179 e. The minimum Gasteiger partial charge on any atom is -0.331 e. The summed E-state index contributed by atoms with van der Waals surface area (Å²) in [7, 11) is -1.15. The van der Waals surface area contributed by atoms with E-state index in [1.54, 1.807) is 0 Å². The molecule has 2 aromatic rings. The Morgan fingerprint density at radius 1 is 0.882 bits per heavy atom. The molecule has 1 atom stereocenters. The van der Waals surface area contributed by atoms with Gasteiger partial charge in [-0.2, -0.15) is 0 Å². The van der Waals surface area contributed by atoms with Gasteiger partial charge in [-0.05, 0) is 11.1 Å². The first-order valence-corrected chi connectivity index (χ1v) is 6.51. The molecule has 0 aliphatic carbocycles. The Balaban J connectivity index is 2.29. The van der Waals surface area contributed by atoms with Gasteiger partial charge in [0.15, 0.2) is 8.69 Å². The van der Waals surface area contributed by atoms with Gasteiger partial charge in [-0.25, -0.2) is 0 Å². The molecule has 2 aromatic carbocycles. The van der Waals surface area contributed by atoms with Crippen LogP contribution in [0.15, 0.2) is 60.7 Å². The highest BCUT2D eigenvalue weighted by Crippen LogP contribution is 2.25. The third kappa shape index (κ3) is 3.29. The summed E-state index contributed by atoms with van der Waals surface area (Å²) in [4.78, 5) is 0. The molecular weight excluding hydrogens is 231 g/mol. The fourth-order valence-electron chi connectivity index (χ4n) is 1.89. The Hall–Kier alpha value is -1.37. The highest BCUT2D eigenvalue weighted by Gasteiger charge is 2.13. The molecule has 1 unspecified atom stereocenters. The molecule has 88 valence electrons. The zero-order valence-corrected chi connectivity index (χ0v) is 10.6. The first-order valence-electron chi connectivity index (χ1n) is 5.57. The lowest BCUT2D eigenvalue weighted by Gasteiger charge is -2.16. The summed E-state index contributed by atoms with van der Waals surface area (Å²) in [5.74, 6) is 0.152. The van der Waals surface area contributed by atoms with Gasteiger partial charge in [-0.3, -0.25) is 4.57 Å². The molecule has 2 nitrogen and oxygen atoms in total. The van der Waals surface area contributed by atoms with E-state index < -0.39 is 8.69 Å². The van der Waals surface area contributed by atoms with Crippen LogP contribution in [0.2, 0.25) is 0 Å². The highest BCUT2D eigenvalue weighted by atomic mass is 31.1. The summed E-state index contributed by atoms with van der Waals surface area (Å²) < 4.78 is 15.7. The van der Waals surface area contributed by atoms with E-state index in [0.717, 1.165) is 0 Å². The number of rotatable bonds is 5. The summed E-state index contributed by atoms with van der Waals surface area (Å²) in [5, 5.41) is 0. The summed E-state index contributed by atoms with van der Waals surface area (Å²) in [5.41, 5.74) is 2.37. The largest absolute Gasteiger partial charge is 0.331 e. The summed E-state index contributed by atoms with van der Waals surface area (Å²) >= 11 is 0. The van der Waals surface area contributed by atoms with Crippen molar-refractivity contribution in [1.82, 2.24) is 0 Å². The van der Waals surface area contributed by atoms with Crippen LogP contribution in [0, 0.1) is 0 Å². The second-order valence-electron chi connectivity index (χ2n) is 3.80. The molecule has 0 amide bonds. The summed E-state index contributed by atoms with van der Waals surface area (Å²) in [6, 6.07) is 20.3. The maximum atomic E-state index is 10.6. The Morgan fingerprint density at radius 2 is 1.35 bits per heavy atom. The molecule has 0 spiro atoms. The predicted molar refractivity (Wildman–Crippen MR) is 71.1 cm³/mol. The van der Waals surface area contributed by atoms with Gasteiger partial charge in [0.25, 0.3) is 0 Å². The summed E-state index contributed by atoms with van der Waals surface area (Å²) in [6.45, 7) is 0.465. The van der Waals surface area contributed by atoms with Crippen LogP contribution in [0.5, 0.6) is 0 Å². The van der Waals surface area contributed by atoms with Crippen LogP contribution in [0.3, 0.4) is 0 Å². The van der Waals surface area contributed by atoms with Gasteiger partial charge in [0.05, 0.1) is 6.61 Å². The SMILES string of the molecule is O=[PH2]OCC(c1ccccc1)c1ccccc1. The average molecular weight is 246 g/mol. The average Bonchev–Trinajstić information content (AvgIpc) is 2.42. The molecule has 0 aliphatic heterocycles. The lowest BCUT2D eigenvalue weighted by atomic mass is 9.92. The third-order valence-corrected chi connectivity index (χ3v) is 3.06. The lowest BCUT2D eigenvalue weighted by molar-refractivity contribution is 0.327. The van der Waals surface area contributed by atoms with Crippen LogP contribution in [0.25, 0.3) is 0 Å². The van der Waals surface area contributed by atoms with Crippen LogP contribution in [-0.4, -0.2) is 6.61 Å². The van der Waals surface area contributed by atoms with E-state index in [2.05, 4.69) is 24.3 Å². The molecule has 2 rings (SSSR count). The molecule has 0 radical (unpaired) electrons. The standard InChI is InChI=1S/C14H15O2P/c15-17-16-11-14(12-7-3-1-4-8-12)13-9-5-2-6-10-13/h1-10,14H,11,17H2. The van der Waals surface area contributed by atoms with E-state index in [-0.39, 0.29) is 5.92 Å². The van der Waals surface area contributed by atoms with Crippen molar-refractivity contribution in [3.05, 3.63) is 71.8 Å². The molecule has 0 heterocycles. The highest BCUT2D eigenvalue weighted by molar-refractivity contribution is 7.17. The van der Waals surface area contributed by atoms with Gasteiger partial charge in [0, 0.05) is 5.92 Å². The van der Waals surface area contributed by atoms with Crippen LogP contribution in [0.1, 0.15) is 17.0 Å². The van der Waals surface area contributed by atoms with E-state index in [0.29, 0.717) is 6.61 Å². The zero-order valence-electron chi connectivity index (χ0n) is 9.45. The molecule has 0 aromatic heterocycles. The molecule has 3 heteroatoms. The van der Waals surface area contributed by atoms with Gasteiger partial charge in [-0.1, -0.05) is 60.7 Å². The monoisotopic (exact) mass is 246 g/mol. The molecule has 0 saturated carbocycles. The van der Waals surface area contributed by atoms with E-state index in [1.165, 1.54) is 11.1 Å². The van der Waals surface area contributed by atoms with Crippen LogP contribution in [0.4, 0.5) is 0 Å². The Kier molecular flexibility index (Phi) is 4.54. The molecule has 0 fully saturated rings. The molecule has 0 bridgehead atoms. The van der Waals surface area contributed by atoms with E-state index in [1.807, 2.05) is 36.4 Å². The maximum absolute atomic E-state index is 10.6. The Morgan fingerprint density at radius 3 is 1.76 bits per heavy atom. The van der Waals surface area contributed by atoms with Gasteiger partial charge in [0.2, 0.25) is 0 Å². The molecule has 17 heavy (non-hydrogen) atoms. The van der Waals surface area contributed by atoms with E-state index >= 15 is 0 Å². The normalized spacial score (nSPS) is 11.4. The van der Waals surface area contributed by atoms with Crippen molar-refractivity contribution in [2.75, 3.05) is 6.61 Å². The topological polar surface area (TPSA) is 26.3 Å². The van der Waals surface area contributed by atoms with Gasteiger partial charge < -0.3 is 4.52 Å². The minimum absolute atomic E-state index is 0.152. The van der Waals surface area contributed by atoms with Gasteiger partial charge >= 0.3 is 0 Å². The quantitative estimate of drug-likeness (QED) is 0.755. The Bertz CT molecular complexity index is 417. The number of benzene rings is 2. The third-order valence-electron chi connectivity index (χ3n) is 2.73. The van der Waals surface area contributed by atoms with Crippen molar-refractivity contribution in [3.8, 4) is 0 Å². The fraction of sp³-hybridized carbons (Fsp3) is 0.143. The lowest BCUT2D eigenvalue weighted by Crippen LogP contribution is -2.06. The second kappa shape index (κ2) is 6.39. The molecule has 0 aliphatic rings. The van der Waals surface area contributed by atoms with Crippen molar-refractivity contribution in [2.24, 2.45) is 0 Å². The van der Waals surface area contributed by atoms with Crippen molar-refractivity contribution < 1.29 is 9.09 Å². The fourth-order valence-corrected chi connectivity index (χ4v) is 2.16. The van der Waals surface area contributed by atoms with E-state index in [9.17, 15) is 4.57 Å². The number of hydrogen-bond donors (Lipinski definition) is 0. The first kappa shape index (κ1) is 12.1. The predicted octanol–water partition coefficient (Wildman–Crippen LogP) is 3.51. The van der Waals surface area contributed by atoms with Gasteiger partial charge in [-0.15, -0.1) is 0 Å². The van der Waals surface area contributed by atoms with Crippen molar-refractivity contribution in [3.63, 3.8) is 0 Å². The minimum atomic E-state index is -1.15. The Labute approximate surface area is 103 Å². The van der Waals surface area contributed by atoms with E-state index in [4.69, 9.17) is 4.52 Å². The number of hydrogen-bond acceptors (Lipinski definition) is 2. The maximum Gasteiger partial charge on any atom is 0.179 e. The van der Waals surface area contributed by atoms with Crippen molar-refractivity contribution >= 4 is 8.69 Å². The second-order valence-corrected chi connectivity index (χ2v) is 4.33. The zero-order chi connectivity index (χ0) is 11.9. The first-order chi connectivity index (χ1) is 8.42. The van der Waals surface area contributed by atoms with Crippen LogP contribution in [-0.2, 0) is 9.09 Å². The molecular formula is C14H15O2P. The summed E-state index contributed by atoms with van der Waals surface area (Å²) in [6.07, 6.45) is 0. The molecule has 0 N–H and O–H groups in total. The molecule has 0 saturated heterocycles. The van der Waals surface area contributed by atoms with Crippen molar-refractivity contribution in [2.45, 2.75) is 5.92 Å². The van der Waals surface area contributed by atoms with Crippen LogP contribution >= 0.6 is 8.69 Å².